The monoisotopic (exact) mass is 420 g/mol. The van der Waals surface area contributed by atoms with Crippen LogP contribution in [0, 0.1) is 6.92 Å². The Kier molecular flexibility index (Phi) is 5.95. The van der Waals surface area contributed by atoms with Crippen LogP contribution >= 0.6 is 23.2 Å². The average Bonchev–Trinajstić information content (AvgIpc) is 2.64. The summed E-state index contributed by atoms with van der Waals surface area (Å²) < 4.78 is 28.0. The van der Waals surface area contributed by atoms with Gasteiger partial charge in [0.15, 0.2) is 0 Å². The number of sulfonamides is 1. The third-order valence-electron chi connectivity index (χ3n) is 4.00. The van der Waals surface area contributed by atoms with Crippen molar-refractivity contribution in [2.75, 3.05) is 10.0 Å². The molecule has 0 heterocycles. The maximum atomic E-state index is 12.7. The molecule has 0 spiro atoms. The first-order chi connectivity index (χ1) is 12.8. The van der Waals surface area contributed by atoms with Gasteiger partial charge in [-0.1, -0.05) is 59.1 Å². The zero-order chi connectivity index (χ0) is 19.4. The van der Waals surface area contributed by atoms with Crippen LogP contribution in [0.4, 0.5) is 11.4 Å². The second-order valence-corrected chi connectivity index (χ2v) is 8.55. The third-order valence-corrected chi connectivity index (χ3v) is 6.12. The third kappa shape index (κ3) is 4.95. The second-order valence-electron chi connectivity index (χ2n) is 6.06. The molecule has 0 atom stereocenters. The summed E-state index contributed by atoms with van der Waals surface area (Å²) in [5.74, 6) is 0. The number of nitrogens with one attached hydrogen (secondary N) is 2. The first-order valence-corrected chi connectivity index (χ1v) is 10.5. The van der Waals surface area contributed by atoms with Crippen LogP contribution in [0.3, 0.4) is 0 Å². The fourth-order valence-electron chi connectivity index (χ4n) is 2.50. The number of anilines is 2. The number of aryl methyl sites for hydroxylation is 1. The lowest BCUT2D eigenvalue weighted by Crippen LogP contribution is -2.15. The molecule has 0 aliphatic heterocycles. The van der Waals surface area contributed by atoms with Crippen LogP contribution in [0.2, 0.25) is 10.0 Å². The highest BCUT2D eigenvalue weighted by atomic mass is 35.5. The smallest absolute Gasteiger partial charge is 0.261 e. The van der Waals surface area contributed by atoms with Gasteiger partial charge in [0.2, 0.25) is 0 Å². The summed E-state index contributed by atoms with van der Waals surface area (Å²) in [7, 11) is -3.66. The van der Waals surface area contributed by atoms with Crippen LogP contribution in [-0.4, -0.2) is 8.42 Å². The molecule has 0 aliphatic rings. The van der Waals surface area contributed by atoms with Crippen LogP contribution in [0.15, 0.2) is 71.6 Å². The molecule has 27 heavy (non-hydrogen) atoms. The molecule has 3 rings (SSSR count). The van der Waals surface area contributed by atoms with Crippen LogP contribution in [0.5, 0.6) is 0 Å². The van der Waals surface area contributed by atoms with Gasteiger partial charge in [0.25, 0.3) is 10.0 Å². The molecule has 0 fully saturated rings. The van der Waals surface area contributed by atoms with Gasteiger partial charge >= 0.3 is 0 Å². The van der Waals surface area contributed by atoms with E-state index in [-0.39, 0.29) is 4.90 Å². The topological polar surface area (TPSA) is 58.2 Å². The van der Waals surface area contributed by atoms with Crippen molar-refractivity contribution in [2.45, 2.75) is 18.4 Å². The summed E-state index contributed by atoms with van der Waals surface area (Å²) in [4.78, 5) is 0.223. The largest absolute Gasteiger partial charge is 0.381 e. The number of benzene rings is 3. The summed E-state index contributed by atoms with van der Waals surface area (Å²) >= 11 is 12.0. The molecule has 0 saturated carbocycles. The van der Waals surface area contributed by atoms with E-state index in [1.54, 1.807) is 48.5 Å². The molecule has 0 bridgehead atoms. The second kappa shape index (κ2) is 8.21. The summed E-state index contributed by atoms with van der Waals surface area (Å²) in [5, 5.41) is 4.16. The molecule has 0 unspecified atom stereocenters. The van der Waals surface area contributed by atoms with Gasteiger partial charge in [0.05, 0.1) is 20.6 Å². The Bertz CT molecular complexity index is 1050. The molecule has 3 aromatic carbocycles. The highest BCUT2D eigenvalue weighted by Gasteiger charge is 2.15. The van der Waals surface area contributed by atoms with Crippen LogP contribution < -0.4 is 10.0 Å². The first-order valence-electron chi connectivity index (χ1n) is 8.21. The Morgan fingerprint density at radius 2 is 1.59 bits per heavy atom. The maximum Gasteiger partial charge on any atom is 0.261 e. The van der Waals surface area contributed by atoms with E-state index in [1.165, 1.54) is 0 Å². The quantitative estimate of drug-likeness (QED) is 0.536. The predicted molar refractivity (Wildman–Crippen MR) is 112 cm³/mol. The summed E-state index contributed by atoms with van der Waals surface area (Å²) in [5.41, 5.74) is 3.12. The Morgan fingerprint density at radius 1 is 0.889 bits per heavy atom. The van der Waals surface area contributed by atoms with Crippen molar-refractivity contribution in [3.63, 3.8) is 0 Å². The maximum absolute atomic E-state index is 12.7. The van der Waals surface area contributed by atoms with E-state index in [0.717, 1.165) is 16.8 Å². The molecule has 0 saturated heterocycles. The van der Waals surface area contributed by atoms with Gasteiger partial charge in [0.1, 0.15) is 0 Å². The average molecular weight is 421 g/mol. The van der Waals surface area contributed by atoms with Gasteiger partial charge in [-0.3, -0.25) is 4.72 Å². The fourth-order valence-corrected chi connectivity index (χ4v) is 3.90. The van der Waals surface area contributed by atoms with E-state index in [2.05, 4.69) is 10.0 Å². The van der Waals surface area contributed by atoms with Crippen LogP contribution in [-0.2, 0) is 16.6 Å². The summed E-state index contributed by atoms with van der Waals surface area (Å²) in [6.07, 6.45) is 0. The van der Waals surface area contributed by atoms with E-state index >= 15 is 0 Å². The summed E-state index contributed by atoms with van der Waals surface area (Å²) in [6.45, 7) is 2.33. The van der Waals surface area contributed by atoms with Crippen LogP contribution in [0.1, 0.15) is 11.1 Å². The summed E-state index contributed by atoms with van der Waals surface area (Å²) in [6, 6.07) is 19.2. The highest BCUT2D eigenvalue weighted by molar-refractivity contribution is 7.92. The standard InChI is InChI=1S/C20H18Cl2N2O2S/c1-14-6-9-17(10-7-14)27(25,26)24-20-5-3-2-4-15(20)13-23-16-8-11-18(21)19(22)12-16/h2-12,23-24H,13H2,1H3. The van der Waals surface area contributed by atoms with Crippen molar-refractivity contribution in [3.8, 4) is 0 Å². The SMILES string of the molecule is Cc1ccc(S(=O)(=O)Nc2ccccc2CNc2ccc(Cl)c(Cl)c2)cc1. The number of halogens is 2. The Hall–Kier alpha value is -2.21. The minimum Gasteiger partial charge on any atom is -0.381 e. The Balaban J connectivity index is 1.79. The van der Waals surface area contributed by atoms with Crippen molar-refractivity contribution in [3.05, 3.63) is 87.9 Å². The van der Waals surface area contributed by atoms with Crippen molar-refractivity contribution in [1.29, 1.82) is 0 Å². The molecule has 7 heteroatoms. The number of hydrogen-bond acceptors (Lipinski definition) is 3. The van der Waals surface area contributed by atoms with E-state index in [1.807, 2.05) is 25.1 Å². The number of para-hydroxylation sites is 1. The van der Waals surface area contributed by atoms with Crippen molar-refractivity contribution >= 4 is 44.6 Å². The van der Waals surface area contributed by atoms with Crippen molar-refractivity contribution in [2.24, 2.45) is 0 Å². The zero-order valence-corrected chi connectivity index (χ0v) is 16.9. The molecule has 0 aliphatic carbocycles. The van der Waals surface area contributed by atoms with Crippen LogP contribution in [0.25, 0.3) is 0 Å². The molecule has 3 aromatic rings. The van der Waals surface area contributed by atoms with Gasteiger partial charge in [0, 0.05) is 12.2 Å². The lowest BCUT2D eigenvalue weighted by atomic mass is 10.2. The van der Waals surface area contributed by atoms with Gasteiger partial charge in [-0.15, -0.1) is 0 Å². The molecule has 0 aromatic heterocycles. The predicted octanol–water partition coefficient (Wildman–Crippen LogP) is 5.71. The number of rotatable bonds is 6. The van der Waals surface area contributed by atoms with E-state index in [4.69, 9.17) is 23.2 Å². The molecule has 0 radical (unpaired) electrons. The molecule has 0 amide bonds. The Morgan fingerprint density at radius 3 is 2.30 bits per heavy atom. The number of hydrogen-bond donors (Lipinski definition) is 2. The molecule has 4 nitrogen and oxygen atoms in total. The van der Waals surface area contributed by atoms with Crippen molar-refractivity contribution < 1.29 is 8.42 Å². The van der Waals surface area contributed by atoms with Gasteiger partial charge in [-0.25, -0.2) is 8.42 Å². The van der Waals surface area contributed by atoms with Gasteiger partial charge < -0.3 is 5.32 Å². The fraction of sp³-hybridized carbons (Fsp3) is 0.100. The first kappa shape index (κ1) is 19.5. The van der Waals surface area contributed by atoms with Gasteiger partial charge in [-0.2, -0.15) is 0 Å². The molecule has 140 valence electrons. The molecular formula is C20H18Cl2N2O2S. The van der Waals surface area contributed by atoms with Gasteiger partial charge in [-0.05, 0) is 48.9 Å². The molecule has 2 N–H and O–H groups in total. The lowest BCUT2D eigenvalue weighted by Gasteiger charge is -2.14. The molecular weight excluding hydrogens is 403 g/mol. The van der Waals surface area contributed by atoms with Crippen molar-refractivity contribution in [1.82, 2.24) is 0 Å². The van der Waals surface area contributed by atoms with E-state index in [0.29, 0.717) is 22.3 Å². The lowest BCUT2D eigenvalue weighted by molar-refractivity contribution is 0.601. The minimum atomic E-state index is -3.66. The highest BCUT2D eigenvalue weighted by Crippen LogP contribution is 2.26. The Labute approximate surface area is 169 Å². The van der Waals surface area contributed by atoms with E-state index in [9.17, 15) is 8.42 Å². The zero-order valence-electron chi connectivity index (χ0n) is 14.5. The normalized spacial score (nSPS) is 11.2. The minimum absolute atomic E-state index is 0.223. The van der Waals surface area contributed by atoms with E-state index < -0.39 is 10.0 Å².